The summed E-state index contributed by atoms with van der Waals surface area (Å²) in [7, 11) is 0. The van der Waals surface area contributed by atoms with E-state index in [0.29, 0.717) is 5.92 Å². The van der Waals surface area contributed by atoms with Crippen molar-refractivity contribution < 1.29 is 0 Å². The molecule has 0 heterocycles. The molecule has 0 radical (unpaired) electrons. The molecule has 0 nitrogen and oxygen atoms in total. The molecular weight excluding hydrogens is 601 g/mol. The zero-order valence-electron chi connectivity index (χ0n) is 27.5. The first-order valence-electron chi connectivity index (χ1n) is 17.7. The fraction of sp³-hybridized carbons (Fsp3) is 0.0400. The van der Waals surface area contributed by atoms with E-state index in [4.69, 9.17) is 0 Å². The van der Waals surface area contributed by atoms with Crippen LogP contribution in [0.3, 0.4) is 0 Å². The van der Waals surface area contributed by atoms with Crippen molar-refractivity contribution in [3.05, 3.63) is 198 Å². The van der Waals surface area contributed by atoms with Crippen molar-refractivity contribution in [2.45, 2.75) is 12.3 Å². The second-order valence-electron chi connectivity index (χ2n) is 14.0. The minimum absolute atomic E-state index is 0.380. The highest BCUT2D eigenvalue weighted by Crippen LogP contribution is 2.48. The van der Waals surface area contributed by atoms with Crippen LogP contribution >= 0.6 is 0 Å². The molecule has 3 aliphatic carbocycles. The lowest BCUT2D eigenvalue weighted by Gasteiger charge is -2.34. The highest BCUT2D eigenvalue weighted by atomic mass is 14.3. The van der Waals surface area contributed by atoms with E-state index in [1.165, 1.54) is 105 Å². The van der Waals surface area contributed by atoms with E-state index in [1.807, 2.05) is 0 Å². The molecule has 0 N–H and O–H groups in total. The molecule has 0 heteroatoms. The van der Waals surface area contributed by atoms with E-state index in [0.717, 1.165) is 6.42 Å². The first-order chi connectivity index (χ1) is 24.8. The number of hydrogen-bond acceptors (Lipinski definition) is 0. The molecule has 0 saturated carbocycles. The molecule has 8 aromatic rings. The Hall–Kier alpha value is -6.24. The van der Waals surface area contributed by atoms with E-state index < -0.39 is 0 Å². The molecule has 8 aromatic carbocycles. The van der Waals surface area contributed by atoms with Gasteiger partial charge in [0.2, 0.25) is 0 Å². The molecule has 50 heavy (non-hydrogen) atoms. The Bertz CT molecular complexity index is 2770. The van der Waals surface area contributed by atoms with Crippen LogP contribution in [0.1, 0.15) is 22.6 Å². The standard InChI is InChI=1S/C50H32/c1-3-37-19-21-41-23-27-43(45-29-25-39(5-1)47(37)49(41)45)35-15-11-33(12-16-35)31-7-9-32(10-8-31)34-13-17-36(18-14-34)44-28-24-42-22-20-38-4-2-6-40-26-30-46(44)50(42)48(38)40/h1-29,48H,30H2. The summed E-state index contributed by atoms with van der Waals surface area (Å²) in [5, 5.41) is 7.96. The largest absolute Gasteiger partial charge is 0.0759 e. The molecule has 0 aromatic heterocycles. The summed E-state index contributed by atoms with van der Waals surface area (Å²) in [6, 6.07) is 52.1. The van der Waals surface area contributed by atoms with Gasteiger partial charge in [-0.3, -0.25) is 0 Å². The molecular formula is C50H32. The quantitative estimate of drug-likeness (QED) is 0.169. The van der Waals surface area contributed by atoms with E-state index in [9.17, 15) is 0 Å². The molecule has 1 unspecified atom stereocenters. The lowest BCUT2D eigenvalue weighted by Crippen LogP contribution is -2.18. The number of benzene rings is 8. The summed E-state index contributed by atoms with van der Waals surface area (Å²) in [5.74, 6) is 0.380. The Kier molecular flexibility index (Phi) is 5.89. The predicted molar refractivity (Wildman–Crippen MR) is 213 cm³/mol. The van der Waals surface area contributed by atoms with Gasteiger partial charge in [0.05, 0.1) is 0 Å². The Morgan fingerprint density at radius 1 is 0.420 bits per heavy atom. The van der Waals surface area contributed by atoms with Crippen LogP contribution in [0.25, 0.3) is 82.9 Å². The van der Waals surface area contributed by atoms with Gasteiger partial charge in [-0.1, -0.05) is 176 Å². The minimum atomic E-state index is 0.380. The van der Waals surface area contributed by atoms with E-state index in [-0.39, 0.29) is 0 Å². The fourth-order valence-electron chi connectivity index (χ4n) is 8.92. The van der Waals surface area contributed by atoms with Crippen molar-refractivity contribution in [3.63, 3.8) is 0 Å². The van der Waals surface area contributed by atoms with Crippen LogP contribution < -0.4 is 0 Å². The molecule has 0 amide bonds. The van der Waals surface area contributed by atoms with Crippen molar-refractivity contribution >= 4 is 38.4 Å². The third-order valence-corrected chi connectivity index (χ3v) is 11.4. The van der Waals surface area contributed by atoms with Crippen molar-refractivity contribution in [3.8, 4) is 44.5 Å². The van der Waals surface area contributed by atoms with Gasteiger partial charge in [0.15, 0.2) is 0 Å². The monoisotopic (exact) mass is 632 g/mol. The van der Waals surface area contributed by atoms with Gasteiger partial charge in [0, 0.05) is 5.92 Å². The smallest absolute Gasteiger partial charge is 0.0345 e. The Balaban J connectivity index is 0.872. The zero-order chi connectivity index (χ0) is 32.8. The summed E-state index contributed by atoms with van der Waals surface area (Å²) >= 11 is 0. The third kappa shape index (κ3) is 4.12. The molecule has 1 atom stereocenters. The maximum Gasteiger partial charge on any atom is 0.0345 e. The van der Waals surface area contributed by atoms with Crippen molar-refractivity contribution in [1.82, 2.24) is 0 Å². The Morgan fingerprint density at radius 2 is 0.980 bits per heavy atom. The molecule has 0 aliphatic heterocycles. The van der Waals surface area contributed by atoms with Gasteiger partial charge >= 0.3 is 0 Å². The summed E-state index contributed by atoms with van der Waals surface area (Å²) in [6.07, 6.45) is 14.8. The van der Waals surface area contributed by atoms with E-state index in [2.05, 4.69) is 176 Å². The highest BCUT2D eigenvalue weighted by molar-refractivity contribution is 6.25. The second kappa shape index (κ2) is 10.6. The normalized spacial score (nSPS) is 15.8. The molecule has 0 bridgehead atoms. The molecule has 0 spiro atoms. The van der Waals surface area contributed by atoms with Crippen LogP contribution in [0.15, 0.2) is 181 Å². The van der Waals surface area contributed by atoms with Gasteiger partial charge < -0.3 is 0 Å². The maximum absolute atomic E-state index is 2.43. The predicted octanol–water partition coefficient (Wildman–Crippen LogP) is 13.3. The van der Waals surface area contributed by atoms with Gasteiger partial charge in [-0.2, -0.15) is 0 Å². The van der Waals surface area contributed by atoms with Crippen LogP contribution in [-0.2, 0) is 6.42 Å². The van der Waals surface area contributed by atoms with Crippen LogP contribution in [0, 0.1) is 0 Å². The summed E-state index contributed by atoms with van der Waals surface area (Å²) in [4.78, 5) is 0. The maximum atomic E-state index is 2.43. The van der Waals surface area contributed by atoms with Crippen molar-refractivity contribution in [2.24, 2.45) is 0 Å². The van der Waals surface area contributed by atoms with Crippen LogP contribution in [0.5, 0.6) is 0 Å². The van der Waals surface area contributed by atoms with Crippen LogP contribution in [0.2, 0.25) is 0 Å². The lowest BCUT2D eigenvalue weighted by atomic mass is 9.70. The summed E-state index contributed by atoms with van der Waals surface area (Å²) < 4.78 is 0. The Morgan fingerprint density at radius 3 is 1.66 bits per heavy atom. The summed E-state index contributed by atoms with van der Waals surface area (Å²) in [6.45, 7) is 0. The van der Waals surface area contributed by atoms with Gasteiger partial charge in [0.1, 0.15) is 0 Å². The van der Waals surface area contributed by atoms with Crippen molar-refractivity contribution in [2.75, 3.05) is 0 Å². The SMILES string of the molecule is C1=CC2=CCc3c(-c4ccc(-c5ccc(-c6ccc(-c7ccc8ccc9cccc%10ccc7c8c9%10)cc6)cc5)cc4)ccc4c3C2C(=C1)C=C4. The van der Waals surface area contributed by atoms with Crippen LogP contribution in [-0.4, -0.2) is 0 Å². The topological polar surface area (TPSA) is 0 Å². The fourth-order valence-corrected chi connectivity index (χ4v) is 8.92. The van der Waals surface area contributed by atoms with Gasteiger partial charge in [-0.15, -0.1) is 0 Å². The van der Waals surface area contributed by atoms with E-state index >= 15 is 0 Å². The van der Waals surface area contributed by atoms with Gasteiger partial charge in [0.25, 0.3) is 0 Å². The molecule has 0 fully saturated rings. The first kappa shape index (κ1) is 27.7. The second-order valence-corrected chi connectivity index (χ2v) is 14.0. The average molecular weight is 633 g/mol. The number of hydrogen-bond donors (Lipinski definition) is 0. The highest BCUT2D eigenvalue weighted by Gasteiger charge is 2.31. The lowest BCUT2D eigenvalue weighted by molar-refractivity contribution is 0.893. The molecule has 3 aliphatic rings. The summed E-state index contributed by atoms with van der Waals surface area (Å²) in [5.41, 5.74) is 17.3. The molecule has 11 rings (SSSR count). The zero-order valence-corrected chi connectivity index (χ0v) is 27.5. The number of rotatable bonds is 4. The molecule has 232 valence electrons. The number of allylic oxidation sites excluding steroid dienone is 7. The third-order valence-electron chi connectivity index (χ3n) is 11.4. The van der Waals surface area contributed by atoms with Crippen molar-refractivity contribution in [1.29, 1.82) is 0 Å². The van der Waals surface area contributed by atoms with Gasteiger partial charge in [-0.25, -0.2) is 0 Å². The average Bonchev–Trinajstić information content (AvgIpc) is 3.19. The first-order valence-corrected chi connectivity index (χ1v) is 17.7. The molecule has 0 saturated heterocycles. The van der Waals surface area contributed by atoms with Gasteiger partial charge in [-0.05, 0) is 111 Å². The van der Waals surface area contributed by atoms with E-state index in [1.54, 1.807) is 0 Å². The van der Waals surface area contributed by atoms with Crippen LogP contribution in [0.4, 0.5) is 0 Å². The Labute approximate surface area is 292 Å². The minimum Gasteiger partial charge on any atom is -0.0759 e.